The SMILES string of the molecule is CN1CCN(CCn2cc(CCBr)nn2)CC1. The van der Waals surface area contributed by atoms with Crippen LogP contribution in [0.15, 0.2) is 6.20 Å². The van der Waals surface area contributed by atoms with Crippen molar-refractivity contribution in [3.63, 3.8) is 0 Å². The molecule has 1 aromatic rings. The molecular formula is C11H20BrN5. The highest BCUT2D eigenvalue weighted by molar-refractivity contribution is 9.09. The summed E-state index contributed by atoms with van der Waals surface area (Å²) in [7, 11) is 2.18. The van der Waals surface area contributed by atoms with Crippen LogP contribution in [0.5, 0.6) is 0 Å². The van der Waals surface area contributed by atoms with Crippen LogP contribution >= 0.6 is 15.9 Å². The minimum absolute atomic E-state index is 0.943. The monoisotopic (exact) mass is 301 g/mol. The maximum atomic E-state index is 4.14. The number of nitrogens with zero attached hydrogens (tertiary/aromatic N) is 5. The molecule has 0 spiro atoms. The summed E-state index contributed by atoms with van der Waals surface area (Å²) >= 11 is 3.41. The Morgan fingerprint density at radius 2 is 2.00 bits per heavy atom. The van der Waals surface area contributed by atoms with E-state index in [9.17, 15) is 0 Å². The number of hydrogen-bond donors (Lipinski definition) is 0. The molecule has 1 fully saturated rings. The summed E-state index contributed by atoms with van der Waals surface area (Å²) in [6.45, 7) is 6.70. The van der Waals surface area contributed by atoms with E-state index in [0.29, 0.717) is 0 Å². The summed E-state index contributed by atoms with van der Waals surface area (Å²) in [5.41, 5.74) is 1.07. The van der Waals surface area contributed by atoms with Crippen LogP contribution in [0.1, 0.15) is 5.69 Å². The van der Waals surface area contributed by atoms with Gasteiger partial charge in [0.25, 0.3) is 0 Å². The molecule has 2 rings (SSSR count). The molecule has 0 atom stereocenters. The molecule has 1 aliphatic rings. The van der Waals surface area contributed by atoms with Gasteiger partial charge in [-0.05, 0) is 7.05 Å². The number of rotatable bonds is 5. The predicted octanol–water partition coefficient (Wildman–Crippen LogP) is 0.463. The van der Waals surface area contributed by atoms with E-state index >= 15 is 0 Å². The molecule has 0 saturated carbocycles. The van der Waals surface area contributed by atoms with Crippen molar-refractivity contribution in [3.05, 3.63) is 11.9 Å². The minimum Gasteiger partial charge on any atom is -0.304 e. The Balaban J connectivity index is 1.73. The van der Waals surface area contributed by atoms with Gasteiger partial charge in [-0.15, -0.1) is 5.10 Å². The maximum absolute atomic E-state index is 4.14. The smallest absolute Gasteiger partial charge is 0.0835 e. The standard InChI is InChI=1S/C11H20BrN5/c1-15-4-6-16(7-5-15)8-9-17-10-11(2-3-12)13-14-17/h10H,2-9H2,1H3. The topological polar surface area (TPSA) is 37.2 Å². The second kappa shape index (κ2) is 6.47. The van der Waals surface area contributed by atoms with Gasteiger partial charge in [0.1, 0.15) is 0 Å². The summed E-state index contributed by atoms with van der Waals surface area (Å²) in [6.07, 6.45) is 3.01. The number of piperazine rings is 1. The van der Waals surface area contributed by atoms with Gasteiger partial charge < -0.3 is 4.90 Å². The van der Waals surface area contributed by atoms with Crippen LogP contribution in [0.4, 0.5) is 0 Å². The van der Waals surface area contributed by atoms with Gasteiger partial charge in [0.15, 0.2) is 0 Å². The lowest BCUT2D eigenvalue weighted by atomic mass is 10.3. The molecule has 96 valence electrons. The lowest BCUT2D eigenvalue weighted by molar-refractivity contribution is 0.148. The van der Waals surface area contributed by atoms with Crippen molar-refractivity contribution in [3.8, 4) is 0 Å². The van der Waals surface area contributed by atoms with Gasteiger partial charge in [-0.2, -0.15) is 0 Å². The van der Waals surface area contributed by atoms with Crippen LogP contribution < -0.4 is 0 Å². The molecule has 0 N–H and O–H groups in total. The third-order valence-corrected chi connectivity index (χ3v) is 3.57. The van der Waals surface area contributed by atoms with Crippen molar-refractivity contribution in [2.24, 2.45) is 0 Å². The number of aromatic nitrogens is 3. The number of aryl methyl sites for hydroxylation is 1. The lowest BCUT2D eigenvalue weighted by Gasteiger charge is -2.32. The fourth-order valence-corrected chi connectivity index (χ4v) is 2.38. The van der Waals surface area contributed by atoms with Gasteiger partial charge in [-0.3, -0.25) is 9.58 Å². The highest BCUT2D eigenvalue weighted by Gasteiger charge is 2.13. The summed E-state index contributed by atoms with van der Waals surface area (Å²) < 4.78 is 1.95. The molecule has 2 heterocycles. The van der Waals surface area contributed by atoms with Crippen LogP contribution in [0, 0.1) is 0 Å². The predicted molar refractivity (Wildman–Crippen MR) is 71.5 cm³/mol. The van der Waals surface area contributed by atoms with Crippen LogP contribution in [0.3, 0.4) is 0 Å². The van der Waals surface area contributed by atoms with Crippen molar-refractivity contribution in [1.29, 1.82) is 0 Å². The van der Waals surface area contributed by atoms with E-state index in [4.69, 9.17) is 0 Å². The zero-order valence-corrected chi connectivity index (χ0v) is 11.9. The number of halogens is 1. The van der Waals surface area contributed by atoms with Crippen LogP contribution in [-0.2, 0) is 13.0 Å². The Bertz CT molecular complexity index is 332. The molecule has 17 heavy (non-hydrogen) atoms. The Kier molecular flexibility index (Phi) is 4.94. The van der Waals surface area contributed by atoms with Crippen molar-refractivity contribution >= 4 is 15.9 Å². The van der Waals surface area contributed by atoms with Crippen molar-refractivity contribution < 1.29 is 0 Å². The Hall–Kier alpha value is -0.460. The number of alkyl halides is 1. The van der Waals surface area contributed by atoms with Crippen LogP contribution in [0.25, 0.3) is 0 Å². The van der Waals surface area contributed by atoms with E-state index in [1.807, 2.05) is 4.68 Å². The second-order valence-electron chi connectivity index (χ2n) is 4.56. The van der Waals surface area contributed by atoms with Crippen LogP contribution in [0.2, 0.25) is 0 Å². The van der Waals surface area contributed by atoms with Gasteiger partial charge in [-0.25, -0.2) is 0 Å². The quantitative estimate of drug-likeness (QED) is 0.741. The molecule has 0 radical (unpaired) electrons. The average Bonchev–Trinajstić information content (AvgIpc) is 2.77. The molecule has 1 aliphatic heterocycles. The third-order valence-electron chi connectivity index (χ3n) is 3.18. The lowest BCUT2D eigenvalue weighted by Crippen LogP contribution is -2.45. The van der Waals surface area contributed by atoms with E-state index in [-0.39, 0.29) is 0 Å². The van der Waals surface area contributed by atoms with E-state index < -0.39 is 0 Å². The molecule has 0 aliphatic carbocycles. The van der Waals surface area contributed by atoms with Crippen molar-refractivity contribution in [2.75, 3.05) is 45.1 Å². The highest BCUT2D eigenvalue weighted by atomic mass is 79.9. The normalized spacial score (nSPS) is 18.7. The number of hydrogen-bond acceptors (Lipinski definition) is 4. The first kappa shape index (κ1) is 13.0. The Morgan fingerprint density at radius 1 is 1.24 bits per heavy atom. The van der Waals surface area contributed by atoms with Gasteiger partial charge in [0, 0.05) is 50.7 Å². The fraction of sp³-hybridized carbons (Fsp3) is 0.818. The van der Waals surface area contributed by atoms with E-state index in [0.717, 1.165) is 30.5 Å². The Morgan fingerprint density at radius 3 is 2.71 bits per heavy atom. The summed E-state index contributed by atoms with van der Waals surface area (Å²) in [6, 6.07) is 0. The zero-order chi connectivity index (χ0) is 12.1. The zero-order valence-electron chi connectivity index (χ0n) is 10.3. The van der Waals surface area contributed by atoms with Crippen LogP contribution in [-0.4, -0.2) is 69.9 Å². The second-order valence-corrected chi connectivity index (χ2v) is 5.35. The minimum atomic E-state index is 0.943. The molecule has 0 aromatic carbocycles. The summed E-state index contributed by atoms with van der Waals surface area (Å²) in [4.78, 5) is 4.87. The molecule has 0 amide bonds. The largest absolute Gasteiger partial charge is 0.304 e. The molecule has 0 bridgehead atoms. The Labute approximate surface area is 111 Å². The molecule has 0 unspecified atom stereocenters. The van der Waals surface area contributed by atoms with Gasteiger partial charge >= 0.3 is 0 Å². The first-order chi connectivity index (χ1) is 8.28. The van der Waals surface area contributed by atoms with Crippen molar-refractivity contribution in [2.45, 2.75) is 13.0 Å². The van der Waals surface area contributed by atoms with Gasteiger partial charge in [0.2, 0.25) is 0 Å². The van der Waals surface area contributed by atoms with E-state index in [1.54, 1.807) is 0 Å². The average molecular weight is 302 g/mol. The molecular weight excluding hydrogens is 282 g/mol. The van der Waals surface area contributed by atoms with Crippen molar-refractivity contribution in [1.82, 2.24) is 24.8 Å². The first-order valence-electron chi connectivity index (χ1n) is 6.14. The van der Waals surface area contributed by atoms with Gasteiger partial charge in [-0.1, -0.05) is 21.1 Å². The number of likely N-dealkylation sites (N-methyl/N-ethyl adjacent to an activating group) is 1. The summed E-state index contributed by atoms with van der Waals surface area (Å²) in [5, 5.41) is 9.23. The first-order valence-corrected chi connectivity index (χ1v) is 7.26. The molecule has 1 saturated heterocycles. The molecule has 6 heteroatoms. The molecule has 1 aromatic heterocycles. The summed E-state index contributed by atoms with van der Waals surface area (Å²) in [5.74, 6) is 0. The van der Waals surface area contributed by atoms with E-state index in [1.165, 1.54) is 26.2 Å². The third kappa shape index (κ3) is 4.04. The maximum Gasteiger partial charge on any atom is 0.0835 e. The van der Waals surface area contributed by atoms with E-state index in [2.05, 4.69) is 49.3 Å². The fourth-order valence-electron chi connectivity index (χ4n) is 1.97. The molecule has 5 nitrogen and oxygen atoms in total. The highest BCUT2D eigenvalue weighted by Crippen LogP contribution is 2.01. The van der Waals surface area contributed by atoms with Gasteiger partial charge in [0.05, 0.1) is 12.2 Å².